The van der Waals surface area contributed by atoms with Crippen molar-refractivity contribution >= 4 is 0 Å². The monoisotopic (exact) mass is 683 g/mol. The SMILES string of the molecule is CCCCC/C=C\C/C=C\CCCCCCCC(OO)(OCC)OOC(CCCCCCC/C=C\C/C=C\CCCCC)(OO)OCC. The molecule has 0 aromatic carbocycles. The molecule has 0 aliphatic heterocycles. The van der Waals surface area contributed by atoms with E-state index in [0.717, 1.165) is 77.0 Å². The van der Waals surface area contributed by atoms with Gasteiger partial charge in [-0.2, -0.15) is 19.6 Å². The molecule has 0 aromatic rings. The van der Waals surface area contributed by atoms with Crippen LogP contribution >= 0.6 is 0 Å². The molecule has 2 atom stereocenters. The Morgan fingerprint density at radius 1 is 0.396 bits per heavy atom. The van der Waals surface area contributed by atoms with Gasteiger partial charge in [-0.05, 0) is 90.9 Å². The molecule has 0 saturated carbocycles. The van der Waals surface area contributed by atoms with Gasteiger partial charge in [0.05, 0.1) is 0 Å². The molecule has 2 unspecified atom stereocenters. The van der Waals surface area contributed by atoms with E-state index in [1.54, 1.807) is 13.8 Å². The van der Waals surface area contributed by atoms with Gasteiger partial charge in [-0.15, -0.1) is 0 Å². The minimum Gasteiger partial charge on any atom is -0.324 e. The van der Waals surface area contributed by atoms with E-state index >= 15 is 0 Å². The smallest absolute Gasteiger partial charge is 0.324 e. The summed E-state index contributed by atoms with van der Waals surface area (Å²) in [6.45, 7) is 8.45. The second-order valence-corrected chi connectivity index (χ2v) is 12.5. The third kappa shape index (κ3) is 27.5. The highest BCUT2D eigenvalue weighted by Crippen LogP contribution is 2.30. The molecule has 8 heteroatoms. The van der Waals surface area contributed by atoms with Crippen molar-refractivity contribution in [3.05, 3.63) is 48.6 Å². The maximum absolute atomic E-state index is 9.74. The quantitative estimate of drug-likeness (QED) is 0.0220. The van der Waals surface area contributed by atoms with E-state index in [-0.39, 0.29) is 26.1 Å². The summed E-state index contributed by atoms with van der Waals surface area (Å²) >= 11 is 0. The summed E-state index contributed by atoms with van der Waals surface area (Å²) in [7, 11) is 0. The number of unbranched alkanes of at least 4 members (excludes halogenated alkanes) is 16. The van der Waals surface area contributed by atoms with Gasteiger partial charge in [0.15, 0.2) is 0 Å². The lowest BCUT2D eigenvalue weighted by atomic mass is 10.1. The van der Waals surface area contributed by atoms with Gasteiger partial charge < -0.3 is 9.47 Å². The highest BCUT2D eigenvalue weighted by molar-refractivity contribution is 4.93. The zero-order valence-corrected chi connectivity index (χ0v) is 31.3. The molecule has 48 heavy (non-hydrogen) atoms. The molecule has 0 heterocycles. The van der Waals surface area contributed by atoms with Crippen molar-refractivity contribution in [1.82, 2.24) is 0 Å². The fraction of sp³-hybridized carbons (Fsp3) is 0.800. The summed E-state index contributed by atoms with van der Waals surface area (Å²) in [5, 5.41) is 19.5. The highest BCUT2D eigenvalue weighted by atomic mass is 17.4. The summed E-state index contributed by atoms with van der Waals surface area (Å²) in [6.07, 6.45) is 42.7. The van der Waals surface area contributed by atoms with Crippen LogP contribution in [0.3, 0.4) is 0 Å². The lowest BCUT2D eigenvalue weighted by Gasteiger charge is -2.33. The van der Waals surface area contributed by atoms with Crippen molar-refractivity contribution in [2.75, 3.05) is 13.2 Å². The van der Waals surface area contributed by atoms with Gasteiger partial charge in [-0.1, -0.05) is 127 Å². The molecule has 0 saturated heterocycles. The fourth-order valence-corrected chi connectivity index (χ4v) is 5.32. The van der Waals surface area contributed by atoms with Crippen LogP contribution in [0.4, 0.5) is 0 Å². The van der Waals surface area contributed by atoms with Gasteiger partial charge in [0.2, 0.25) is 0 Å². The number of ether oxygens (including phenoxy) is 2. The largest absolute Gasteiger partial charge is 0.339 e. The van der Waals surface area contributed by atoms with Crippen molar-refractivity contribution < 1.29 is 39.5 Å². The van der Waals surface area contributed by atoms with Crippen molar-refractivity contribution in [2.45, 2.75) is 194 Å². The van der Waals surface area contributed by atoms with Crippen LogP contribution < -0.4 is 0 Å². The maximum Gasteiger partial charge on any atom is 0.339 e. The first-order valence-corrected chi connectivity index (χ1v) is 19.5. The van der Waals surface area contributed by atoms with E-state index in [1.807, 2.05) is 0 Å². The maximum atomic E-state index is 9.74. The Morgan fingerprint density at radius 2 is 0.708 bits per heavy atom. The second kappa shape index (κ2) is 35.5. The van der Waals surface area contributed by atoms with Crippen LogP contribution in [0.15, 0.2) is 48.6 Å². The summed E-state index contributed by atoms with van der Waals surface area (Å²) in [5.41, 5.74) is 0. The number of hydrogen-bond acceptors (Lipinski definition) is 8. The Kier molecular flexibility index (Phi) is 34.5. The van der Waals surface area contributed by atoms with Crippen LogP contribution in [0.1, 0.15) is 182 Å². The van der Waals surface area contributed by atoms with Crippen LogP contribution in [0.2, 0.25) is 0 Å². The molecule has 0 spiro atoms. The number of allylic oxidation sites excluding steroid dienone is 8. The lowest BCUT2D eigenvalue weighted by Crippen LogP contribution is -2.45. The van der Waals surface area contributed by atoms with Crippen LogP contribution in [0, 0.1) is 0 Å². The zero-order chi connectivity index (χ0) is 35.3. The van der Waals surface area contributed by atoms with Crippen LogP contribution in [-0.2, 0) is 29.0 Å². The van der Waals surface area contributed by atoms with Gasteiger partial charge in [-0.3, -0.25) is 0 Å². The molecule has 0 aromatic heterocycles. The summed E-state index contributed by atoms with van der Waals surface area (Å²) in [6, 6.07) is 0. The standard InChI is InChI=1S/C40H74O8/c1-5-9-11-13-15-17-19-21-23-25-27-29-31-33-35-37-39(45-41,43-7-3)47-48-40(46-42,44-8-4)38-36-34-32-30-28-26-24-22-20-18-16-14-12-10-6-2/h15-18,21-24,41-42H,5-14,19-20,25-38H2,1-4H3/b17-15-,18-16-,23-21-,24-22-. The Balaban J connectivity index is 4.39. The van der Waals surface area contributed by atoms with Crippen molar-refractivity contribution in [3.8, 4) is 0 Å². The molecule has 0 rings (SSSR count). The van der Waals surface area contributed by atoms with Crippen LogP contribution in [-0.4, -0.2) is 35.7 Å². The first-order chi connectivity index (χ1) is 23.6. The average molecular weight is 683 g/mol. The summed E-state index contributed by atoms with van der Waals surface area (Å²) in [4.78, 5) is 20.3. The Morgan fingerprint density at radius 3 is 1.02 bits per heavy atom. The molecule has 0 amide bonds. The van der Waals surface area contributed by atoms with Gasteiger partial charge in [0, 0.05) is 26.1 Å². The normalized spacial score (nSPS) is 15.0. The zero-order valence-electron chi connectivity index (χ0n) is 31.3. The molecular weight excluding hydrogens is 608 g/mol. The third-order valence-electron chi connectivity index (χ3n) is 8.17. The molecule has 0 radical (unpaired) electrons. The third-order valence-corrected chi connectivity index (χ3v) is 8.17. The lowest BCUT2D eigenvalue weighted by molar-refractivity contribution is -0.647. The number of rotatable bonds is 37. The first kappa shape index (κ1) is 46.6. The van der Waals surface area contributed by atoms with E-state index in [1.165, 1.54) is 51.4 Å². The van der Waals surface area contributed by atoms with E-state index in [9.17, 15) is 10.5 Å². The van der Waals surface area contributed by atoms with Gasteiger partial charge in [-0.25, -0.2) is 10.5 Å². The minimum absolute atomic E-state index is 0.219. The molecule has 282 valence electrons. The molecule has 8 nitrogen and oxygen atoms in total. The molecule has 0 fully saturated rings. The predicted molar refractivity (Wildman–Crippen MR) is 197 cm³/mol. The fourth-order valence-electron chi connectivity index (χ4n) is 5.32. The Labute approximate surface area is 294 Å². The second-order valence-electron chi connectivity index (χ2n) is 12.5. The van der Waals surface area contributed by atoms with Crippen LogP contribution in [0.25, 0.3) is 0 Å². The van der Waals surface area contributed by atoms with Crippen molar-refractivity contribution in [2.24, 2.45) is 0 Å². The van der Waals surface area contributed by atoms with E-state index < -0.39 is 11.9 Å². The average Bonchev–Trinajstić information content (AvgIpc) is 3.10. The topological polar surface area (TPSA) is 95.8 Å². The van der Waals surface area contributed by atoms with Gasteiger partial charge >= 0.3 is 11.9 Å². The van der Waals surface area contributed by atoms with Gasteiger partial charge in [0.1, 0.15) is 0 Å². The molecule has 0 bridgehead atoms. The van der Waals surface area contributed by atoms with Crippen molar-refractivity contribution in [3.63, 3.8) is 0 Å². The van der Waals surface area contributed by atoms with Gasteiger partial charge in [0.25, 0.3) is 0 Å². The summed E-state index contributed by atoms with van der Waals surface area (Å²) < 4.78 is 11.2. The Hall–Kier alpha value is -1.36. The van der Waals surface area contributed by atoms with Crippen LogP contribution in [0.5, 0.6) is 0 Å². The molecular formula is C40H74O8. The molecule has 0 aliphatic carbocycles. The summed E-state index contributed by atoms with van der Waals surface area (Å²) in [5.74, 6) is -3.69. The Bertz CT molecular complexity index is 719. The van der Waals surface area contributed by atoms with E-state index in [4.69, 9.17) is 19.2 Å². The minimum atomic E-state index is -1.85. The molecule has 0 aliphatic rings. The number of hydrogen-bond donors (Lipinski definition) is 2. The predicted octanol–water partition coefficient (Wildman–Crippen LogP) is 12.9. The molecule has 2 N–H and O–H groups in total. The van der Waals surface area contributed by atoms with Crippen molar-refractivity contribution in [1.29, 1.82) is 0 Å². The highest BCUT2D eigenvalue weighted by Gasteiger charge is 2.42. The first-order valence-electron chi connectivity index (χ1n) is 19.5. The van der Waals surface area contributed by atoms with E-state index in [0.29, 0.717) is 12.8 Å². The van der Waals surface area contributed by atoms with E-state index in [2.05, 4.69) is 72.2 Å².